The van der Waals surface area contributed by atoms with Crippen LogP contribution in [0.2, 0.25) is 32.2 Å². The molecule has 167 valence electrons. The second kappa shape index (κ2) is 8.95. The Morgan fingerprint density at radius 3 is 2.26 bits per heavy atom. The monoisotopic (exact) mass is 568 g/mol. The largest absolute Gasteiger partial charge is 1.00 e. The summed E-state index contributed by atoms with van der Waals surface area (Å²) in [7, 11) is -3.32. The topological polar surface area (TPSA) is 21.3 Å². The molecule has 2 aliphatic rings. The number of nitrogens with one attached hydrogen (secondary N) is 1. The summed E-state index contributed by atoms with van der Waals surface area (Å²) in [5.41, 5.74) is 7.32. The molecule has 31 heavy (non-hydrogen) atoms. The Balaban J connectivity index is 0.00000171. The standard InChI is InChI=1S/C24H34NOSi2.2ClH.Zr/c1-9-14-28(8)22-18-15-16-12-10-11-13-17(16)19(18)21(26-27(5,6)7)20(23(22)28)25-24(2,3)4;;;/h10-13,15,25H,9,14H2,1-8H3;2*1H;/q;;;+2/p-2. The number of halogens is 2. The Hall–Kier alpha value is -0.0631. The molecule has 2 aromatic carbocycles. The molecule has 2 nitrogen and oxygen atoms in total. The number of rotatable bonds is 5. The fraction of sp³-hybridized carbons (Fsp3) is 0.500. The van der Waals surface area contributed by atoms with Crippen LogP contribution in [0.4, 0.5) is 5.69 Å². The first-order valence-corrected chi connectivity index (χ1v) is 18.4. The van der Waals surface area contributed by atoms with E-state index in [1.165, 1.54) is 34.8 Å². The van der Waals surface area contributed by atoms with E-state index in [9.17, 15) is 0 Å². The third-order valence-corrected chi connectivity index (χ3v) is 12.8. The van der Waals surface area contributed by atoms with E-state index in [2.05, 4.69) is 83.5 Å². The minimum Gasteiger partial charge on any atom is -1.00 e. The average molecular weight is 571 g/mol. The van der Waals surface area contributed by atoms with Gasteiger partial charge >= 0.3 is 195 Å². The first-order valence-electron chi connectivity index (χ1n) is 10.9. The van der Waals surface area contributed by atoms with Crippen molar-refractivity contribution >= 4 is 32.5 Å². The molecule has 0 saturated heterocycles. The molecule has 1 aliphatic heterocycles. The molecule has 1 heterocycles. The van der Waals surface area contributed by atoms with E-state index in [1.807, 2.05) is 0 Å². The molecule has 0 radical (unpaired) electrons. The molecule has 0 aromatic heterocycles. The van der Waals surface area contributed by atoms with Crippen LogP contribution in [0.25, 0.3) is 11.1 Å². The van der Waals surface area contributed by atoms with Crippen molar-refractivity contribution in [3.05, 3.63) is 35.4 Å². The Morgan fingerprint density at radius 1 is 1.10 bits per heavy atom. The molecular weight excluding hydrogens is 537 g/mol. The number of hydrogen-bond acceptors (Lipinski definition) is 2. The van der Waals surface area contributed by atoms with E-state index in [4.69, 9.17) is 4.43 Å². The molecule has 2 aromatic rings. The Morgan fingerprint density at radius 2 is 1.71 bits per heavy atom. The molecule has 0 bridgehead atoms. The third-order valence-electron chi connectivity index (χ3n) is 6.02. The first-order chi connectivity index (χ1) is 13.4. The fourth-order valence-electron chi connectivity index (χ4n) is 5.07. The van der Waals surface area contributed by atoms with Gasteiger partial charge in [-0.1, -0.05) is 0 Å². The summed E-state index contributed by atoms with van der Waals surface area (Å²) in [5.74, 6) is 1.16. The Kier molecular flexibility index (Phi) is 7.84. The summed E-state index contributed by atoms with van der Waals surface area (Å²) in [4.78, 5) is 0. The molecule has 7 heteroatoms. The van der Waals surface area contributed by atoms with Crippen molar-refractivity contribution in [2.75, 3.05) is 5.32 Å². The van der Waals surface area contributed by atoms with Crippen molar-refractivity contribution in [3.63, 3.8) is 0 Å². The average Bonchev–Trinajstić information content (AvgIpc) is 3.06. The van der Waals surface area contributed by atoms with Gasteiger partial charge in [0.2, 0.25) is 0 Å². The van der Waals surface area contributed by atoms with Gasteiger partial charge in [-0.3, -0.25) is 0 Å². The third kappa shape index (κ3) is 4.64. The van der Waals surface area contributed by atoms with E-state index in [0.717, 1.165) is 5.75 Å². The maximum atomic E-state index is 6.92. The van der Waals surface area contributed by atoms with E-state index in [1.54, 1.807) is 40.7 Å². The normalized spacial score (nSPS) is 20.6. The van der Waals surface area contributed by atoms with Gasteiger partial charge in [-0.05, 0) is 0 Å². The SMILES string of the molecule is CCC[Si]1(C)c2c(NC(C)(C)C)c(O[Si](C)(C)C)c3c(c21)[CH]([Zr+2])c1ccccc1-3.[Cl-].[Cl-]. The van der Waals surface area contributed by atoms with Crippen molar-refractivity contribution in [2.24, 2.45) is 0 Å². The summed E-state index contributed by atoms with van der Waals surface area (Å²) < 4.78 is 7.48. The van der Waals surface area contributed by atoms with Gasteiger partial charge < -0.3 is 24.8 Å². The summed E-state index contributed by atoms with van der Waals surface area (Å²) in [6.45, 7) is 18.7. The van der Waals surface area contributed by atoms with E-state index in [0.29, 0.717) is 3.63 Å². The smallest absolute Gasteiger partial charge is 1.00 e. The van der Waals surface area contributed by atoms with E-state index >= 15 is 0 Å². The van der Waals surface area contributed by atoms with Gasteiger partial charge in [-0.2, -0.15) is 0 Å². The minimum atomic E-state index is -1.77. The summed E-state index contributed by atoms with van der Waals surface area (Å²) in [5, 5.41) is 7.34. The van der Waals surface area contributed by atoms with Crippen LogP contribution in [-0.2, 0) is 24.7 Å². The van der Waals surface area contributed by atoms with Gasteiger partial charge in [-0.15, -0.1) is 0 Å². The number of benzene rings is 2. The van der Waals surface area contributed by atoms with Crippen LogP contribution >= 0.6 is 0 Å². The number of hydrogen-bond donors (Lipinski definition) is 1. The Labute approximate surface area is 218 Å². The fourth-order valence-corrected chi connectivity index (χ4v) is 12.4. The van der Waals surface area contributed by atoms with Gasteiger partial charge in [0.25, 0.3) is 0 Å². The van der Waals surface area contributed by atoms with Crippen molar-refractivity contribution in [1.82, 2.24) is 0 Å². The number of fused-ring (bicyclic) bond motifs is 5. The quantitative estimate of drug-likeness (QED) is 0.497. The maximum Gasteiger partial charge on any atom is -1.00 e. The zero-order valence-corrected chi connectivity index (χ0v) is 25.9. The zero-order valence-electron chi connectivity index (χ0n) is 20.0. The maximum absolute atomic E-state index is 6.92. The molecular formula is C24H34Cl2NOSi2Zr. The summed E-state index contributed by atoms with van der Waals surface area (Å²) in [6, 6.07) is 10.4. The molecule has 1 N–H and O–H groups in total. The van der Waals surface area contributed by atoms with Crippen molar-refractivity contribution in [1.29, 1.82) is 0 Å². The summed E-state index contributed by atoms with van der Waals surface area (Å²) in [6.07, 6.45) is 1.26. The van der Waals surface area contributed by atoms with Crippen LogP contribution in [0.5, 0.6) is 5.75 Å². The number of anilines is 1. The van der Waals surface area contributed by atoms with Gasteiger partial charge in [0, 0.05) is 0 Å². The molecule has 2 atom stereocenters. The zero-order chi connectivity index (χ0) is 21.4. The van der Waals surface area contributed by atoms with Crippen molar-refractivity contribution in [3.8, 4) is 16.9 Å². The van der Waals surface area contributed by atoms with Gasteiger partial charge in [0.05, 0.1) is 0 Å². The first kappa shape index (κ1) is 27.2. The van der Waals surface area contributed by atoms with Crippen LogP contribution in [0.15, 0.2) is 24.3 Å². The van der Waals surface area contributed by atoms with Crippen LogP contribution in [0.1, 0.15) is 48.9 Å². The summed E-state index contributed by atoms with van der Waals surface area (Å²) >= 11 is 1.60. The molecule has 1 aliphatic carbocycles. The second-order valence-corrected chi connectivity index (χ2v) is 20.9. The van der Waals surface area contributed by atoms with Crippen molar-refractivity contribution in [2.45, 2.75) is 75.5 Å². The van der Waals surface area contributed by atoms with Gasteiger partial charge in [0.15, 0.2) is 0 Å². The molecule has 4 rings (SSSR count). The van der Waals surface area contributed by atoms with Gasteiger partial charge in [-0.25, -0.2) is 0 Å². The predicted octanol–water partition coefficient (Wildman–Crippen LogP) is -0.348. The second-order valence-electron chi connectivity index (χ2n) is 10.9. The molecule has 0 amide bonds. The van der Waals surface area contributed by atoms with Gasteiger partial charge in [0.1, 0.15) is 0 Å². The van der Waals surface area contributed by atoms with Crippen LogP contribution < -0.4 is 44.9 Å². The van der Waals surface area contributed by atoms with E-state index in [-0.39, 0.29) is 30.4 Å². The van der Waals surface area contributed by atoms with Crippen molar-refractivity contribution < 1.29 is 54.0 Å². The van der Waals surface area contributed by atoms with E-state index < -0.39 is 16.4 Å². The molecule has 0 fully saturated rings. The minimum absolute atomic E-state index is 0. The van der Waals surface area contributed by atoms with Crippen LogP contribution in [0.3, 0.4) is 0 Å². The predicted molar refractivity (Wildman–Crippen MR) is 127 cm³/mol. The van der Waals surface area contributed by atoms with Crippen LogP contribution in [0, 0.1) is 0 Å². The molecule has 0 saturated carbocycles. The molecule has 2 unspecified atom stereocenters. The van der Waals surface area contributed by atoms with Crippen LogP contribution in [-0.4, -0.2) is 21.9 Å². The molecule has 0 spiro atoms. The Bertz CT molecular complexity index is 1000.